The summed E-state index contributed by atoms with van der Waals surface area (Å²) in [5.74, 6) is 1.53. The predicted octanol–water partition coefficient (Wildman–Crippen LogP) is 6.23. The fourth-order valence-corrected chi connectivity index (χ4v) is 5.05. The summed E-state index contributed by atoms with van der Waals surface area (Å²) in [5.41, 5.74) is 2.51. The highest BCUT2D eigenvalue weighted by molar-refractivity contribution is 5.92. The van der Waals surface area contributed by atoms with Crippen molar-refractivity contribution in [3.63, 3.8) is 0 Å². The Hall–Kier alpha value is -3.87. The number of para-hydroxylation sites is 1. The van der Waals surface area contributed by atoms with Crippen molar-refractivity contribution in [1.29, 1.82) is 0 Å². The maximum atomic E-state index is 12.0. The number of fused-ring (bicyclic) bond motifs is 1. The van der Waals surface area contributed by atoms with Gasteiger partial charge in [0.2, 0.25) is 0 Å². The van der Waals surface area contributed by atoms with Crippen LogP contribution in [0.25, 0.3) is 22.2 Å². The lowest BCUT2D eigenvalue weighted by molar-refractivity contribution is 0.0914. The van der Waals surface area contributed by atoms with E-state index in [1.807, 2.05) is 71.5 Å². The van der Waals surface area contributed by atoms with Gasteiger partial charge in [-0.25, -0.2) is 4.79 Å². The molecule has 34 heavy (non-hydrogen) atoms. The summed E-state index contributed by atoms with van der Waals surface area (Å²) in [7, 11) is 0. The van der Waals surface area contributed by atoms with Crippen LogP contribution in [0.4, 0.5) is 4.79 Å². The van der Waals surface area contributed by atoms with E-state index in [1.54, 1.807) is 11.1 Å². The van der Waals surface area contributed by atoms with Gasteiger partial charge in [0.1, 0.15) is 17.2 Å². The Morgan fingerprint density at radius 1 is 1.03 bits per heavy atom. The van der Waals surface area contributed by atoms with E-state index in [2.05, 4.69) is 25.8 Å². The van der Waals surface area contributed by atoms with E-state index in [1.165, 1.54) is 0 Å². The number of rotatable bonds is 4. The van der Waals surface area contributed by atoms with Crippen molar-refractivity contribution in [2.45, 2.75) is 39.3 Å². The van der Waals surface area contributed by atoms with Crippen LogP contribution >= 0.6 is 0 Å². The van der Waals surface area contributed by atoms with Crippen LogP contribution in [0.15, 0.2) is 73.1 Å². The van der Waals surface area contributed by atoms with Crippen molar-refractivity contribution >= 4 is 17.0 Å². The first-order chi connectivity index (χ1) is 16.3. The van der Waals surface area contributed by atoms with Crippen LogP contribution < -0.4 is 4.74 Å². The molecule has 0 spiro atoms. The summed E-state index contributed by atoms with van der Waals surface area (Å²) in [6.07, 6.45) is 3.43. The third kappa shape index (κ3) is 3.98. The Morgan fingerprint density at radius 2 is 1.74 bits per heavy atom. The molecule has 0 aliphatic carbocycles. The zero-order chi connectivity index (χ0) is 23.9. The first-order valence-corrected chi connectivity index (χ1v) is 11.5. The number of likely N-dealkylation sites (tertiary alicyclic amines) is 1. The van der Waals surface area contributed by atoms with Gasteiger partial charge in [0, 0.05) is 29.9 Å². The van der Waals surface area contributed by atoms with Gasteiger partial charge in [-0.05, 0) is 54.3 Å². The summed E-state index contributed by atoms with van der Waals surface area (Å²) in [4.78, 5) is 17.9. The monoisotopic (exact) mass is 456 g/mol. The van der Waals surface area contributed by atoms with Crippen LogP contribution in [0.5, 0.6) is 11.5 Å². The molecule has 0 bridgehead atoms. The molecule has 2 aromatic carbocycles. The predicted molar refractivity (Wildman–Crippen MR) is 131 cm³/mol. The third-order valence-corrected chi connectivity index (χ3v) is 6.43. The molecule has 1 aliphatic rings. The molecular formula is C27H28N4O3. The third-order valence-electron chi connectivity index (χ3n) is 6.43. The molecule has 0 saturated carbocycles. The lowest BCUT2D eigenvalue weighted by Gasteiger charge is -2.37. The van der Waals surface area contributed by atoms with Gasteiger partial charge in [-0.2, -0.15) is 5.10 Å². The molecule has 4 aromatic rings. The van der Waals surface area contributed by atoms with Crippen LogP contribution in [0.1, 0.15) is 33.2 Å². The number of nitrogens with zero attached hydrogens (tertiary/aromatic N) is 4. The number of carbonyl (C=O) groups is 1. The largest absolute Gasteiger partial charge is 0.465 e. The number of pyridine rings is 1. The number of benzene rings is 2. The highest BCUT2D eigenvalue weighted by atomic mass is 16.5. The fourth-order valence-electron chi connectivity index (χ4n) is 5.05. The zero-order valence-corrected chi connectivity index (χ0v) is 19.5. The summed E-state index contributed by atoms with van der Waals surface area (Å²) < 4.78 is 7.94. The van der Waals surface area contributed by atoms with Gasteiger partial charge >= 0.3 is 6.09 Å². The molecule has 1 fully saturated rings. The summed E-state index contributed by atoms with van der Waals surface area (Å²) >= 11 is 0. The second-order valence-corrected chi connectivity index (χ2v) is 9.77. The molecule has 0 radical (unpaired) electrons. The molecule has 1 unspecified atom stereocenters. The SMILES string of the molecule is CC(C)(C)[C@@H]1C(n2nc(-c3ccc(Oc4ccccc4)cc3)c3cnccc32)CCN1C(=O)O. The molecule has 7 nitrogen and oxygen atoms in total. The molecule has 3 heterocycles. The lowest BCUT2D eigenvalue weighted by atomic mass is 9.82. The average Bonchev–Trinajstić information content (AvgIpc) is 3.43. The van der Waals surface area contributed by atoms with Crippen molar-refractivity contribution < 1.29 is 14.6 Å². The highest BCUT2D eigenvalue weighted by Crippen LogP contribution is 2.42. The van der Waals surface area contributed by atoms with Crippen molar-refractivity contribution in [2.75, 3.05) is 6.54 Å². The summed E-state index contributed by atoms with van der Waals surface area (Å²) in [6, 6.07) is 19.2. The van der Waals surface area contributed by atoms with Crippen LogP contribution in [0.2, 0.25) is 0 Å². The normalized spacial score (nSPS) is 18.4. The Bertz CT molecular complexity index is 1310. The maximum Gasteiger partial charge on any atom is 0.407 e. The minimum atomic E-state index is -0.880. The molecule has 1 saturated heterocycles. The number of hydrogen-bond donors (Lipinski definition) is 1. The Balaban J connectivity index is 1.53. The van der Waals surface area contributed by atoms with Gasteiger partial charge < -0.3 is 14.7 Å². The van der Waals surface area contributed by atoms with Gasteiger partial charge in [0.05, 0.1) is 17.6 Å². The first-order valence-electron chi connectivity index (χ1n) is 11.5. The van der Waals surface area contributed by atoms with E-state index in [0.29, 0.717) is 6.54 Å². The topological polar surface area (TPSA) is 80.5 Å². The number of carboxylic acid groups (broad SMARTS) is 1. The fraction of sp³-hybridized carbons (Fsp3) is 0.296. The van der Waals surface area contributed by atoms with Gasteiger partial charge in [-0.1, -0.05) is 39.0 Å². The maximum absolute atomic E-state index is 12.0. The van der Waals surface area contributed by atoms with Crippen LogP contribution in [-0.4, -0.2) is 43.5 Å². The first kappa shape index (κ1) is 21.9. The molecule has 174 valence electrons. The minimum Gasteiger partial charge on any atom is -0.465 e. The quantitative estimate of drug-likeness (QED) is 0.394. The number of hydrogen-bond acceptors (Lipinski definition) is 4. The number of amides is 1. The molecule has 7 heteroatoms. The van der Waals surface area contributed by atoms with E-state index in [9.17, 15) is 9.90 Å². The van der Waals surface area contributed by atoms with E-state index < -0.39 is 6.09 Å². The van der Waals surface area contributed by atoms with E-state index in [-0.39, 0.29) is 17.5 Å². The van der Waals surface area contributed by atoms with Gasteiger partial charge in [-0.15, -0.1) is 0 Å². The van der Waals surface area contributed by atoms with Crippen molar-refractivity contribution in [3.05, 3.63) is 73.1 Å². The van der Waals surface area contributed by atoms with Gasteiger partial charge in [0.25, 0.3) is 0 Å². The molecule has 1 amide bonds. The van der Waals surface area contributed by atoms with Crippen molar-refractivity contribution in [2.24, 2.45) is 5.41 Å². The van der Waals surface area contributed by atoms with Crippen molar-refractivity contribution in [1.82, 2.24) is 19.7 Å². The number of ether oxygens (including phenoxy) is 1. The van der Waals surface area contributed by atoms with E-state index in [4.69, 9.17) is 9.84 Å². The van der Waals surface area contributed by atoms with Crippen LogP contribution in [-0.2, 0) is 0 Å². The standard InChI is InChI=1S/C27H28N4O3/c1-27(2,3)25-23(14-16-30(25)26(32)33)31-22-13-15-28-17-21(22)24(29-31)18-9-11-20(12-10-18)34-19-7-5-4-6-8-19/h4-13,15,17,23,25H,14,16H2,1-3H3,(H,32,33)/t23?,25-/m0/s1. The Kier molecular flexibility index (Phi) is 5.48. The Labute approximate surface area is 198 Å². The van der Waals surface area contributed by atoms with Crippen LogP contribution in [0.3, 0.4) is 0 Å². The van der Waals surface area contributed by atoms with E-state index in [0.717, 1.165) is 40.1 Å². The zero-order valence-electron chi connectivity index (χ0n) is 19.5. The second kappa shape index (κ2) is 8.48. The molecular weight excluding hydrogens is 428 g/mol. The molecule has 2 aromatic heterocycles. The van der Waals surface area contributed by atoms with E-state index >= 15 is 0 Å². The number of aromatic nitrogens is 3. The van der Waals surface area contributed by atoms with Crippen molar-refractivity contribution in [3.8, 4) is 22.8 Å². The minimum absolute atomic E-state index is 0.0598. The average molecular weight is 457 g/mol. The molecule has 1 aliphatic heterocycles. The van der Waals surface area contributed by atoms with Gasteiger partial charge in [0.15, 0.2) is 0 Å². The smallest absolute Gasteiger partial charge is 0.407 e. The molecule has 5 rings (SSSR count). The Morgan fingerprint density at radius 3 is 2.41 bits per heavy atom. The lowest BCUT2D eigenvalue weighted by Crippen LogP contribution is -2.46. The van der Waals surface area contributed by atoms with Gasteiger partial charge in [-0.3, -0.25) is 9.67 Å². The second-order valence-electron chi connectivity index (χ2n) is 9.77. The summed E-state index contributed by atoms with van der Waals surface area (Å²) in [5, 5.41) is 15.8. The molecule has 1 N–H and O–H groups in total. The van der Waals surface area contributed by atoms with Crippen LogP contribution in [0, 0.1) is 5.41 Å². The highest BCUT2D eigenvalue weighted by Gasteiger charge is 2.45. The molecule has 2 atom stereocenters. The summed E-state index contributed by atoms with van der Waals surface area (Å²) in [6.45, 7) is 6.76.